The van der Waals surface area contributed by atoms with E-state index in [4.69, 9.17) is 0 Å². The second-order valence-corrected chi connectivity index (χ2v) is 6.43. The summed E-state index contributed by atoms with van der Waals surface area (Å²) in [6, 6.07) is 7.05. The molecule has 0 saturated heterocycles. The van der Waals surface area contributed by atoms with Crippen LogP contribution in [0.5, 0.6) is 5.75 Å². The summed E-state index contributed by atoms with van der Waals surface area (Å²) in [5.41, 5.74) is 2.54. The topological polar surface area (TPSA) is 90.4 Å². The quantitative estimate of drug-likeness (QED) is 0.493. The molecule has 0 spiro atoms. The minimum Gasteiger partial charge on any atom is -0.506 e. The standard InChI is InChI=1S/C18H14N4O2S/c23-13-5-4-12(20-15(24)6-3-11-7-8-19-10-11)16-17(13)22-18(21-16)14-2-1-9-25-14/h1-6,8-10,23H,7H2,(H,20,24)(H,21,22)/b6-3+. The SMILES string of the molecule is O=C(/C=C/C1=CN=CC1)Nc1ccc(O)c2[nH]c(-c3cccs3)nc12. The Bertz CT molecular complexity index is 1030. The van der Waals surface area contributed by atoms with E-state index < -0.39 is 0 Å². The number of phenolic OH excluding ortho intramolecular Hbond substituents is 1. The Balaban J connectivity index is 1.63. The number of aliphatic imine (C=N–C) groups is 1. The molecule has 3 heterocycles. The van der Waals surface area contributed by atoms with E-state index in [0.717, 1.165) is 16.9 Å². The lowest BCUT2D eigenvalue weighted by Crippen LogP contribution is -2.08. The fourth-order valence-electron chi connectivity index (χ4n) is 2.54. The van der Waals surface area contributed by atoms with E-state index in [2.05, 4.69) is 20.3 Å². The molecule has 1 aliphatic heterocycles. The van der Waals surface area contributed by atoms with Gasteiger partial charge in [-0.2, -0.15) is 0 Å². The number of benzene rings is 1. The number of carbonyl (C=O) groups is 1. The van der Waals surface area contributed by atoms with Gasteiger partial charge in [-0.3, -0.25) is 9.79 Å². The molecule has 6 nitrogen and oxygen atoms in total. The second kappa shape index (κ2) is 6.37. The van der Waals surface area contributed by atoms with Gasteiger partial charge in [0.2, 0.25) is 5.91 Å². The highest BCUT2D eigenvalue weighted by molar-refractivity contribution is 7.13. The Hall–Kier alpha value is -3.19. The maximum Gasteiger partial charge on any atom is 0.248 e. The maximum absolute atomic E-state index is 12.2. The molecule has 0 aliphatic carbocycles. The van der Waals surface area contributed by atoms with Crippen molar-refractivity contribution in [1.29, 1.82) is 0 Å². The first kappa shape index (κ1) is 15.3. The molecule has 1 amide bonds. The van der Waals surface area contributed by atoms with Crippen molar-refractivity contribution in [1.82, 2.24) is 9.97 Å². The zero-order valence-electron chi connectivity index (χ0n) is 13.1. The predicted octanol–water partition coefficient (Wildman–Crippen LogP) is 3.85. The molecule has 0 fully saturated rings. The van der Waals surface area contributed by atoms with Gasteiger partial charge in [0.25, 0.3) is 0 Å². The molecule has 0 saturated carbocycles. The van der Waals surface area contributed by atoms with E-state index in [1.165, 1.54) is 12.1 Å². The van der Waals surface area contributed by atoms with Crippen molar-refractivity contribution in [3.05, 3.63) is 53.6 Å². The lowest BCUT2D eigenvalue weighted by Gasteiger charge is -2.04. The third kappa shape index (κ3) is 3.09. The van der Waals surface area contributed by atoms with Crippen LogP contribution >= 0.6 is 11.3 Å². The van der Waals surface area contributed by atoms with Crippen LogP contribution in [0.2, 0.25) is 0 Å². The van der Waals surface area contributed by atoms with Gasteiger partial charge in [-0.15, -0.1) is 11.3 Å². The highest BCUT2D eigenvalue weighted by Gasteiger charge is 2.14. The van der Waals surface area contributed by atoms with Crippen LogP contribution in [0.4, 0.5) is 5.69 Å². The molecular formula is C18H14N4O2S. The Morgan fingerprint density at radius 3 is 3.04 bits per heavy atom. The number of carbonyl (C=O) groups excluding carboxylic acids is 1. The summed E-state index contributed by atoms with van der Waals surface area (Å²) < 4.78 is 0. The van der Waals surface area contributed by atoms with Crippen molar-refractivity contribution in [3.8, 4) is 16.5 Å². The number of aromatic hydroxyl groups is 1. The molecule has 3 aromatic rings. The molecule has 0 radical (unpaired) electrons. The number of hydrogen-bond donors (Lipinski definition) is 3. The molecule has 2 aromatic heterocycles. The molecule has 7 heteroatoms. The van der Waals surface area contributed by atoms with Crippen LogP contribution in [0.3, 0.4) is 0 Å². The first-order chi connectivity index (χ1) is 12.2. The summed E-state index contributed by atoms with van der Waals surface area (Å²) in [6.07, 6.45) is 7.45. The number of aromatic amines is 1. The normalized spacial score (nSPS) is 13.7. The van der Waals surface area contributed by atoms with Crippen LogP contribution in [0.25, 0.3) is 21.7 Å². The van der Waals surface area contributed by atoms with Crippen LogP contribution in [-0.2, 0) is 4.79 Å². The predicted molar refractivity (Wildman–Crippen MR) is 100 cm³/mol. The van der Waals surface area contributed by atoms with Crippen LogP contribution in [0.15, 0.2) is 58.6 Å². The zero-order valence-corrected chi connectivity index (χ0v) is 13.9. The van der Waals surface area contributed by atoms with Gasteiger partial charge in [-0.25, -0.2) is 4.98 Å². The number of nitrogens with one attached hydrogen (secondary N) is 2. The molecule has 0 unspecified atom stereocenters. The van der Waals surface area contributed by atoms with Gasteiger partial charge in [0.15, 0.2) is 0 Å². The van der Waals surface area contributed by atoms with Gasteiger partial charge in [0.1, 0.15) is 22.6 Å². The third-order valence-electron chi connectivity index (χ3n) is 3.76. The number of allylic oxidation sites excluding steroid dienone is 2. The summed E-state index contributed by atoms with van der Waals surface area (Å²) >= 11 is 1.55. The van der Waals surface area contributed by atoms with Crippen molar-refractivity contribution in [3.63, 3.8) is 0 Å². The average molecular weight is 350 g/mol. The number of fused-ring (bicyclic) bond motifs is 1. The Labute approximate surface area is 147 Å². The lowest BCUT2D eigenvalue weighted by atomic mass is 10.2. The van der Waals surface area contributed by atoms with Crippen LogP contribution in [0.1, 0.15) is 6.42 Å². The highest BCUT2D eigenvalue weighted by Crippen LogP contribution is 2.33. The number of anilines is 1. The van der Waals surface area contributed by atoms with Crippen LogP contribution in [-0.4, -0.2) is 27.2 Å². The summed E-state index contributed by atoms with van der Waals surface area (Å²) in [5, 5.41) is 14.8. The van der Waals surface area contributed by atoms with E-state index in [1.807, 2.05) is 17.5 Å². The van der Waals surface area contributed by atoms with Crippen LogP contribution < -0.4 is 5.32 Å². The largest absolute Gasteiger partial charge is 0.506 e. The summed E-state index contributed by atoms with van der Waals surface area (Å²) in [4.78, 5) is 24.8. The van der Waals surface area contributed by atoms with Crippen molar-refractivity contribution in [2.45, 2.75) is 6.42 Å². The van der Waals surface area contributed by atoms with Crippen molar-refractivity contribution in [2.75, 3.05) is 5.32 Å². The summed E-state index contributed by atoms with van der Waals surface area (Å²) in [7, 11) is 0. The van der Waals surface area contributed by atoms with Crippen molar-refractivity contribution >= 4 is 40.2 Å². The number of imidazole rings is 1. The highest BCUT2D eigenvalue weighted by atomic mass is 32.1. The van der Waals surface area contributed by atoms with Gasteiger partial charge in [0.05, 0.1) is 10.6 Å². The number of thiophene rings is 1. The molecule has 3 N–H and O–H groups in total. The number of amides is 1. The third-order valence-corrected chi connectivity index (χ3v) is 4.63. The molecule has 0 bridgehead atoms. The van der Waals surface area contributed by atoms with Crippen molar-refractivity contribution < 1.29 is 9.90 Å². The Kier molecular flexibility index (Phi) is 3.91. The molecule has 124 valence electrons. The number of H-pyrrole nitrogens is 1. The Morgan fingerprint density at radius 1 is 1.36 bits per heavy atom. The fourth-order valence-corrected chi connectivity index (χ4v) is 3.21. The van der Waals surface area contributed by atoms with Gasteiger partial charge in [-0.1, -0.05) is 12.1 Å². The second-order valence-electron chi connectivity index (χ2n) is 5.48. The van der Waals surface area contributed by atoms with E-state index in [9.17, 15) is 9.90 Å². The molecule has 1 aliphatic rings. The van der Waals surface area contributed by atoms with Gasteiger partial charge < -0.3 is 15.4 Å². The summed E-state index contributed by atoms with van der Waals surface area (Å²) in [5.74, 6) is 0.485. The molecule has 4 rings (SSSR count). The van der Waals surface area contributed by atoms with Gasteiger partial charge in [0, 0.05) is 24.9 Å². The van der Waals surface area contributed by atoms with E-state index >= 15 is 0 Å². The number of phenols is 1. The van der Waals surface area contributed by atoms with Gasteiger partial charge >= 0.3 is 0 Å². The molecule has 0 atom stereocenters. The molecule has 1 aromatic carbocycles. The monoisotopic (exact) mass is 350 g/mol. The average Bonchev–Trinajstić information content (AvgIpc) is 3.36. The molecular weight excluding hydrogens is 336 g/mol. The number of rotatable bonds is 4. The minimum absolute atomic E-state index is 0.0899. The number of hydrogen-bond acceptors (Lipinski definition) is 5. The maximum atomic E-state index is 12.2. The lowest BCUT2D eigenvalue weighted by molar-refractivity contribution is -0.111. The number of nitrogens with zero attached hydrogens (tertiary/aromatic N) is 2. The Morgan fingerprint density at radius 2 is 2.28 bits per heavy atom. The smallest absolute Gasteiger partial charge is 0.248 e. The fraction of sp³-hybridized carbons (Fsp3) is 0.0556. The number of aromatic nitrogens is 2. The van der Waals surface area contributed by atoms with Gasteiger partial charge in [-0.05, 0) is 29.2 Å². The first-order valence-corrected chi connectivity index (χ1v) is 8.54. The first-order valence-electron chi connectivity index (χ1n) is 7.66. The van der Waals surface area contributed by atoms with Crippen molar-refractivity contribution in [2.24, 2.45) is 4.99 Å². The zero-order chi connectivity index (χ0) is 17.2. The summed E-state index contributed by atoms with van der Waals surface area (Å²) in [6.45, 7) is 0. The van der Waals surface area contributed by atoms with E-state index in [1.54, 1.807) is 35.9 Å². The minimum atomic E-state index is -0.263. The van der Waals surface area contributed by atoms with Crippen LogP contribution in [0, 0.1) is 0 Å². The van der Waals surface area contributed by atoms with E-state index in [0.29, 0.717) is 22.5 Å². The molecule has 25 heavy (non-hydrogen) atoms. The van der Waals surface area contributed by atoms with E-state index in [-0.39, 0.29) is 11.7 Å².